The van der Waals surface area contributed by atoms with Crippen LogP contribution < -0.4 is 9.47 Å². The molecule has 0 atom stereocenters. The second kappa shape index (κ2) is 9.46. The van der Waals surface area contributed by atoms with E-state index in [-0.39, 0.29) is 17.7 Å². The molecule has 6 nitrogen and oxygen atoms in total. The van der Waals surface area contributed by atoms with Gasteiger partial charge in [-0.3, -0.25) is 9.59 Å². The van der Waals surface area contributed by atoms with E-state index < -0.39 is 0 Å². The Balaban J connectivity index is 1.85. The van der Waals surface area contributed by atoms with Gasteiger partial charge in [0.15, 0.2) is 11.5 Å². The standard InChI is InChI=1S/C20H30N2O4/c1-5-26-17-8-6-16(14-18(17)25-4)7-9-19(23)21-10-12-22(13-11-21)20(24)15(2)3/h6,8,14-15H,5,7,9-13H2,1-4H3. The number of hydrogen-bond acceptors (Lipinski definition) is 4. The molecule has 1 aromatic rings. The van der Waals surface area contributed by atoms with Gasteiger partial charge in [-0.1, -0.05) is 19.9 Å². The third-order valence-electron chi connectivity index (χ3n) is 4.59. The van der Waals surface area contributed by atoms with E-state index >= 15 is 0 Å². The average Bonchev–Trinajstić information content (AvgIpc) is 2.66. The maximum atomic E-state index is 12.5. The number of benzene rings is 1. The molecule has 1 saturated heterocycles. The number of piperazine rings is 1. The van der Waals surface area contributed by atoms with E-state index in [0.29, 0.717) is 51.4 Å². The number of carbonyl (C=O) groups excluding carboxylic acids is 2. The molecule has 1 aliphatic rings. The Hall–Kier alpha value is -2.24. The molecular formula is C20H30N2O4. The normalized spacial score (nSPS) is 14.5. The van der Waals surface area contributed by atoms with Crippen LogP contribution >= 0.6 is 0 Å². The number of hydrogen-bond donors (Lipinski definition) is 0. The molecule has 0 N–H and O–H groups in total. The number of carbonyl (C=O) groups is 2. The van der Waals surface area contributed by atoms with Crippen LogP contribution in [-0.2, 0) is 16.0 Å². The van der Waals surface area contributed by atoms with Gasteiger partial charge < -0.3 is 19.3 Å². The summed E-state index contributed by atoms with van der Waals surface area (Å²) in [5.74, 6) is 1.72. The lowest BCUT2D eigenvalue weighted by Gasteiger charge is -2.35. The van der Waals surface area contributed by atoms with Gasteiger partial charge in [0.2, 0.25) is 11.8 Å². The summed E-state index contributed by atoms with van der Waals surface area (Å²) < 4.78 is 10.9. The Morgan fingerprint density at radius 2 is 1.73 bits per heavy atom. The second-order valence-corrected chi connectivity index (χ2v) is 6.78. The van der Waals surface area contributed by atoms with Crippen molar-refractivity contribution >= 4 is 11.8 Å². The first-order valence-electron chi connectivity index (χ1n) is 9.32. The van der Waals surface area contributed by atoms with Crippen molar-refractivity contribution in [2.24, 2.45) is 5.92 Å². The first kappa shape index (κ1) is 20.1. The maximum absolute atomic E-state index is 12.5. The molecule has 1 aliphatic heterocycles. The van der Waals surface area contributed by atoms with Crippen LogP contribution in [0.1, 0.15) is 32.8 Å². The number of nitrogens with zero attached hydrogens (tertiary/aromatic N) is 2. The van der Waals surface area contributed by atoms with Gasteiger partial charge in [0.25, 0.3) is 0 Å². The number of ether oxygens (including phenoxy) is 2. The van der Waals surface area contributed by atoms with Crippen LogP contribution in [0.3, 0.4) is 0 Å². The van der Waals surface area contributed by atoms with E-state index in [1.807, 2.05) is 48.8 Å². The lowest BCUT2D eigenvalue weighted by Crippen LogP contribution is -2.51. The van der Waals surface area contributed by atoms with Crippen molar-refractivity contribution in [2.75, 3.05) is 39.9 Å². The van der Waals surface area contributed by atoms with Crippen molar-refractivity contribution in [1.82, 2.24) is 9.80 Å². The van der Waals surface area contributed by atoms with Gasteiger partial charge in [0, 0.05) is 38.5 Å². The maximum Gasteiger partial charge on any atom is 0.225 e. The molecule has 0 unspecified atom stereocenters. The van der Waals surface area contributed by atoms with Crippen molar-refractivity contribution < 1.29 is 19.1 Å². The molecule has 2 amide bonds. The fraction of sp³-hybridized carbons (Fsp3) is 0.600. The van der Waals surface area contributed by atoms with Gasteiger partial charge in [-0.05, 0) is 31.0 Å². The van der Waals surface area contributed by atoms with Crippen molar-refractivity contribution in [3.63, 3.8) is 0 Å². The van der Waals surface area contributed by atoms with E-state index in [1.165, 1.54) is 0 Å². The molecule has 0 aromatic heterocycles. The fourth-order valence-electron chi connectivity index (χ4n) is 3.09. The number of amides is 2. The largest absolute Gasteiger partial charge is 0.493 e. The molecule has 0 bridgehead atoms. The van der Waals surface area contributed by atoms with E-state index in [4.69, 9.17) is 9.47 Å². The first-order chi connectivity index (χ1) is 12.5. The zero-order valence-corrected chi connectivity index (χ0v) is 16.3. The monoisotopic (exact) mass is 362 g/mol. The second-order valence-electron chi connectivity index (χ2n) is 6.78. The van der Waals surface area contributed by atoms with Crippen molar-refractivity contribution in [3.8, 4) is 11.5 Å². The van der Waals surface area contributed by atoms with Gasteiger partial charge in [0.1, 0.15) is 0 Å². The average molecular weight is 362 g/mol. The fourth-order valence-corrected chi connectivity index (χ4v) is 3.09. The highest BCUT2D eigenvalue weighted by Gasteiger charge is 2.25. The Labute approximate surface area is 156 Å². The van der Waals surface area contributed by atoms with Gasteiger partial charge in [-0.2, -0.15) is 0 Å². The molecule has 0 radical (unpaired) electrons. The Bertz CT molecular complexity index is 622. The Morgan fingerprint density at radius 3 is 2.31 bits per heavy atom. The van der Waals surface area contributed by atoms with Gasteiger partial charge in [0.05, 0.1) is 13.7 Å². The lowest BCUT2D eigenvalue weighted by atomic mass is 10.1. The molecule has 1 aromatic carbocycles. The number of aryl methyl sites for hydroxylation is 1. The summed E-state index contributed by atoms with van der Waals surface area (Å²) in [6.07, 6.45) is 1.11. The summed E-state index contributed by atoms with van der Waals surface area (Å²) >= 11 is 0. The quantitative estimate of drug-likeness (QED) is 0.747. The molecule has 6 heteroatoms. The van der Waals surface area contributed by atoms with Crippen molar-refractivity contribution in [1.29, 1.82) is 0 Å². The topological polar surface area (TPSA) is 59.1 Å². The molecule has 26 heavy (non-hydrogen) atoms. The lowest BCUT2D eigenvalue weighted by molar-refractivity contribution is -0.141. The van der Waals surface area contributed by atoms with E-state index in [2.05, 4.69) is 0 Å². The van der Waals surface area contributed by atoms with Crippen LogP contribution in [0.5, 0.6) is 11.5 Å². The first-order valence-corrected chi connectivity index (χ1v) is 9.32. The molecule has 2 rings (SSSR count). The molecule has 144 valence electrons. The van der Waals surface area contributed by atoms with Gasteiger partial charge >= 0.3 is 0 Å². The van der Waals surface area contributed by atoms with Crippen LogP contribution in [0.4, 0.5) is 0 Å². The van der Waals surface area contributed by atoms with Crippen LogP contribution in [0.25, 0.3) is 0 Å². The number of rotatable bonds is 7. The van der Waals surface area contributed by atoms with Crippen LogP contribution in [0.15, 0.2) is 18.2 Å². The number of methoxy groups -OCH3 is 1. The van der Waals surface area contributed by atoms with Crippen LogP contribution in [0, 0.1) is 5.92 Å². The minimum Gasteiger partial charge on any atom is -0.493 e. The Kier molecular flexibility index (Phi) is 7.30. The SMILES string of the molecule is CCOc1ccc(CCC(=O)N2CCN(C(=O)C(C)C)CC2)cc1OC. The van der Waals surface area contributed by atoms with Gasteiger partial charge in [-0.25, -0.2) is 0 Å². The van der Waals surface area contributed by atoms with E-state index in [0.717, 1.165) is 11.3 Å². The summed E-state index contributed by atoms with van der Waals surface area (Å²) in [4.78, 5) is 28.2. The van der Waals surface area contributed by atoms with E-state index in [1.54, 1.807) is 7.11 Å². The summed E-state index contributed by atoms with van der Waals surface area (Å²) in [5.41, 5.74) is 1.05. The summed E-state index contributed by atoms with van der Waals surface area (Å²) in [6, 6.07) is 5.79. The minimum absolute atomic E-state index is 0.00638. The highest BCUT2D eigenvalue weighted by molar-refractivity contribution is 5.79. The smallest absolute Gasteiger partial charge is 0.225 e. The predicted molar refractivity (Wildman–Crippen MR) is 100 cm³/mol. The third-order valence-corrected chi connectivity index (χ3v) is 4.59. The summed E-state index contributed by atoms with van der Waals surface area (Å²) in [6.45, 7) is 8.81. The predicted octanol–water partition coefficient (Wildman–Crippen LogP) is 2.35. The molecule has 1 fully saturated rings. The zero-order chi connectivity index (χ0) is 19.1. The molecule has 0 saturated carbocycles. The minimum atomic E-state index is 0.00638. The molecular weight excluding hydrogens is 332 g/mol. The summed E-state index contributed by atoms with van der Waals surface area (Å²) in [7, 11) is 1.62. The van der Waals surface area contributed by atoms with Crippen LogP contribution in [-0.4, -0.2) is 61.5 Å². The van der Waals surface area contributed by atoms with Gasteiger partial charge in [-0.15, -0.1) is 0 Å². The molecule has 0 aliphatic carbocycles. The van der Waals surface area contributed by atoms with Crippen molar-refractivity contribution in [2.45, 2.75) is 33.6 Å². The van der Waals surface area contributed by atoms with E-state index in [9.17, 15) is 9.59 Å². The highest BCUT2D eigenvalue weighted by atomic mass is 16.5. The Morgan fingerprint density at radius 1 is 1.08 bits per heavy atom. The molecule has 1 heterocycles. The molecule has 0 spiro atoms. The van der Waals surface area contributed by atoms with Crippen molar-refractivity contribution in [3.05, 3.63) is 23.8 Å². The van der Waals surface area contributed by atoms with Crippen LogP contribution in [0.2, 0.25) is 0 Å². The highest BCUT2D eigenvalue weighted by Crippen LogP contribution is 2.28. The third kappa shape index (κ3) is 5.13. The summed E-state index contributed by atoms with van der Waals surface area (Å²) in [5, 5.41) is 0. The zero-order valence-electron chi connectivity index (χ0n) is 16.3.